The summed E-state index contributed by atoms with van der Waals surface area (Å²) in [7, 11) is 0. The number of aromatic nitrogens is 2. The summed E-state index contributed by atoms with van der Waals surface area (Å²) >= 11 is 3.27. The maximum atomic E-state index is 12.0. The molecule has 0 saturated heterocycles. The molecule has 0 saturated carbocycles. The second kappa shape index (κ2) is 7.48. The first kappa shape index (κ1) is 18.0. The number of carbonyl (C=O) groups is 2. The number of hydrazone groups is 1. The number of rotatable bonds is 5. The van der Waals surface area contributed by atoms with Crippen molar-refractivity contribution < 1.29 is 14.3 Å². The summed E-state index contributed by atoms with van der Waals surface area (Å²) < 4.78 is 5.84. The molecule has 24 heavy (non-hydrogen) atoms. The van der Waals surface area contributed by atoms with Crippen LogP contribution >= 0.6 is 15.9 Å². The standard InChI is InChI=1S/C16H19BrN4O3/c1-5-24-16(23)13-8(2)14(19-9(13)3)10(4)20-21-15(22)12-6-11(17)7-18-12/h6-7,18-19H,5H2,1-4H3,(H,21,22)/b20-10+. The van der Waals surface area contributed by atoms with Gasteiger partial charge in [-0.15, -0.1) is 0 Å². The third kappa shape index (κ3) is 3.76. The van der Waals surface area contributed by atoms with E-state index in [0.717, 1.165) is 10.0 Å². The van der Waals surface area contributed by atoms with Gasteiger partial charge in [0.15, 0.2) is 0 Å². The lowest BCUT2D eigenvalue weighted by Gasteiger charge is -2.03. The Morgan fingerprint density at radius 3 is 2.67 bits per heavy atom. The van der Waals surface area contributed by atoms with Crippen LogP contribution in [0.1, 0.15) is 51.6 Å². The fourth-order valence-corrected chi connectivity index (χ4v) is 2.71. The normalized spacial score (nSPS) is 11.5. The molecule has 0 aliphatic carbocycles. The van der Waals surface area contributed by atoms with Gasteiger partial charge < -0.3 is 14.7 Å². The molecule has 0 unspecified atom stereocenters. The number of aryl methyl sites for hydroxylation is 1. The Kier molecular flexibility index (Phi) is 5.61. The first-order valence-electron chi connectivity index (χ1n) is 7.40. The SMILES string of the molecule is CCOC(=O)c1c(C)[nH]c(/C(C)=N/NC(=O)c2cc(Br)c[nH]2)c1C. The Morgan fingerprint density at radius 1 is 1.38 bits per heavy atom. The molecule has 3 N–H and O–H groups in total. The zero-order valence-corrected chi connectivity index (χ0v) is 15.5. The third-order valence-electron chi connectivity index (χ3n) is 3.50. The summed E-state index contributed by atoms with van der Waals surface area (Å²) in [6.45, 7) is 7.43. The van der Waals surface area contributed by atoms with Gasteiger partial charge in [-0.05, 0) is 55.3 Å². The van der Waals surface area contributed by atoms with Gasteiger partial charge in [-0.1, -0.05) is 0 Å². The number of halogens is 1. The molecular formula is C16H19BrN4O3. The molecule has 0 atom stereocenters. The van der Waals surface area contributed by atoms with Gasteiger partial charge in [0.1, 0.15) is 5.69 Å². The fourth-order valence-electron chi connectivity index (χ4n) is 2.37. The first-order valence-corrected chi connectivity index (χ1v) is 8.19. The minimum Gasteiger partial charge on any atom is -0.462 e. The van der Waals surface area contributed by atoms with Crippen LogP contribution in [-0.2, 0) is 4.74 Å². The number of H-pyrrole nitrogens is 2. The summed E-state index contributed by atoms with van der Waals surface area (Å²) in [6, 6.07) is 1.66. The van der Waals surface area contributed by atoms with Crippen molar-refractivity contribution in [1.29, 1.82) is 0 Å². The minimum atomic E-state index is -0.372. The van der Waals surface area contributed by atoms with E-state index in [2.05, 4.69) is 36.4 Å². The van der Waals surface area contributed by atoms with E-state index >= 15 is 0 Å². The number of ether oxygens (including phenoxy) is 1. The van der Waals surface area contributed by atoms with Crippen molar-refractivity contribution in [3.63, 3.8) is 0 Å². The van der Waals surface area contributed by atoms with Crippen LogP contribution < -0.4 is 5.43 Å². The van der Waals surface area contributed by atoms with Crippen molar-refractivity contribution in [2.24, 2.45) is 5.10 Å². The molecule has 0 aliphatic heterocycles. The Labute approximate surface area is 148 Å². The molecule has 0 spiro atoms. The van der Waals surface area contributed by atoms with E-state index in [0.29, 0.717) is 35.0 Å². The summed E-state index contributed by atoms with van der Waals surface area (Å²) in [5.74, 6) is -0.727. The Morgan fingerprint density at radius 2 is 2.08 bits per heavy atom. The van der Waals surface area contributed by atoms with E-state index in [1.54, 1.807) is 33.0 Å². The highest BCUT2D eigenvalue weighted by atomic mass is 79.9. The molecular weight excluding hydrogens is 376 g/mol. The maximum absolute atomic E-state index is 12.0. The van der Waals surface area contributed by atoms with Crippen LogP contribution in [-0.4, -0.2) is 34.2 Å². The van der Waals surface area contributed by atoms with Gasteiger partial charge >= 0.3 is 5.97 Å². The molecule has 2 rings (SSSR count). The van der Waals surface area contributed by atoms with Crippen LogP contribution in [0.15, 0.2) is 21.8 Å². The molecule has 0 bridgehead atoms. The highest BCUT2D eigenvalue weighted by molar-refractivity contribution is 9.10. The predicted octanol–water partition coefficient (Wildman–Crippen LogP) is 3.05. The molecule has 0 radical (unpaired) electrons. The van der Waals surface area contributed by atoms with E-state index < -0.39 is 0 Å². The minimum absolute atomic E-state index is 0.313. The van der Waals surface area contributed by atoms with Crippen LogP contribution in [0.4, 0.5) is 0 Å². The summed E-state index contributed by atoms with van der Waals surface area (Å²) in [4.78, 5) is 30.0. The van der Waals surface area contributed by atoms with E-state index in [1.807, 2.05) is 6.92 Å². The molecule has 2 aromatic rings. The van der Waals surface area contributed by atoms with Crippen molar-refractivity contribution in [1.82, 2.24) is 15.4 Å². The van der Waals surface area contributed by atoms with Crippen LogP contribution in [0.25, 0.3) is 0 Å². The number of nitrogens with one attached hydrogen (secondary N) is 3. The molecule has 7 nitrogen and oxygen atoms in total. The largest absolute Gasteiger partial charge is 0.462 e. The number of carbonyl (C=O) groups excluding carboxylic acids is 2. The molecule has 0 fully saturated rings. The topological polar surface area (TPSA) is 99.3 Å². The van der Waals surface area contributed by atoms with Crippen LogP contribution in [0.5, 0.6) is 0 Å². The quantitative estimate of drug-likeness (QED) is 0.412. The van der Waals surface area contributed by atoms with E-state index in [-0.39, 0.29) is 11.9 Å². The molecule has 1 amide bonds. The zero-order chi connectivity index (χ0) is 17.9. The lowest BCUT2D eigenvalue weighted by molar-refractivity contribution is 0.0525. The van der Waals surface area contributed by atoms with Crippen molar-refractivity contribution in [2.75, 3.05) is 6.61 Å². The van der Waals surface area contributed by atoms with Crippen LogP contribution in [0.3, 0.4) is 0 Å². The van der Waals surface area contributed by atoms with Crippen molar-refractivity contribution in [3.05, 3.63) is 44.9 Å². The lowest BCUT2D eigenvalue weighted by atomic mass is 10.1. The monoisotopic (exact) mass is 394 g/mol. The van der Waals surface area contributed by atoms with Gasteiger partial charge in [0, 0.05) is 16.4 Å². The summed E-state index contributed by atoms with van der Waals surface area (Å²) in [6.07, 6.45) is 1.66. The predicted molar refractivity (Wildman–Crippen MR) is 94.4 cm³/mol. The summed E-state index contributed by atoms with van der Waals surface area (Å²) in [5.41, 5.74) is 6.06. The molecule has 0 aromatic carbocycles. The fraction of sp³-hybridized carbons (Fsp3) is 0.312. The molecule has 2 heterocycles. The van der Waals surface area contributed by atoms with Gasteiger partial charge in [0.05, 0.1) is 23.6 Å². The van der Waals surface area contributed by atoms with Gasteiger partial charge in [0.25, 0.3) is 5.91 Å². The first-order chi connectivity index (χ1) is 11.3. The number of esters is 1. The number of nitrogens with zero attached hydrogens (tertiary/aromatic N) is 1. The molecule has 0 aliphatic rings. The van der Waals surface area contributed by atoms with E-state index in [9.17, 15) is 9.59 Å². The van der Waals surface area contributed by atoms with Crippen molar-refractivity contribution >= 4 is 33.5 Å². The van der Waals surface area contributed by atoms with Crippen molar-refractivity contribution in [3.8, 4) is 0 Å². The van der Waals surface area contributed by atoms with Gasteiger partial charge in [-0.2, -0.15) is 5.10 Å². The highest BCUT2D eigenvalue weighted by Gasteiger charge is 2.20. The molecule has 8 heteroatoms. The van der Waals surface area contributed by atoms with Gasteiger partial charge in [-0.3, -0.25) is 4.79 Å². The van der Waals surface area contributed by atoms with Crippen LogP contribution in [0, 0.1) is 13.8 Å². The Balaban J connectivity index is 2.20. The second-order valence-electron chi connectivity index (χ2n) is 5.22. The zero-order valence-electron chi connectivity index (χ0n) is 13.9. The Hall–Kier alpha value is -2.35. The lowest BCUT2D eigenvalue weighted by Crippen LogP contribution is -2.20. The average molecular weight is 395 g/mol. The molecule has 2 aromatic heterocycles. The van der Waals surface area contributed by atoms with E-state index in [1.165, 1.54) is 0 Å². The summed E-state index contributed by atoms with van der Waals surface area (Å²) in [5, 5.41) is 4.10. The number of hydrogen-bond acceptors (Lipinski definition) is 4. The van der Waals surface area contributed by atoms with Crippen molar-refractivity contribution in [2.45, 2.75) is 27.7 Å². The second-order valence-corrected chi connectivity index (χ2v) is 6.13. The third-order valence-corrected chi connectivity index (χ3v) is 3.95. The van der Waals surface area contributed by atoms with E-state index in [4.69, 9.17) is 4.74 Å². The van der Waals surface area contributed by atoms with Gasteiger partial charge in [-0.25, -0.2) is 10.2 Å². The maximum Gasteiger partial charge on any atom is 0.340 e. The molecule has 128 valence electrons. The number of hydrogen-bond donors (Lipinski definition) is 3. The number of amides is 1. The number of aromatic amines is 2. The highest BCUT2D eigenvalue weighted by Crippen LogP contribution is 2.19. The average Bonchev–Trinajstić information content (AvgIpc) is 3.08. The van der Waals surface area contributed by atoms with Crippen LogP contribution in [0.2, 0.25) is 0 Å². The smallest absolute Gasteiger partial charge is 0.340 e. The Bertz CT molecular complexity index is 804. The van der Waals surface area contributed by atoms with Gasteiger partial charge in [0.2, 0.25) is 0 Å².